The van der Waals surface area contributed by atoms with E-state index < -0.39 is 22.4 Å². The van der Waals surface area contributed by atoms with Crippen LogP contribution in [0.4, 0.5) is 18.9 Å². The highest BCUT2D eigenvalue weighted by atomic mass is 19.4. The largest absolute Gasteiger partial charge is 0.483 e. The second-order valence-electron chi connectivity index (χ2n) is 4.90. The zero-order valence-electron chi connectivity index (χ0n) is 11.3. The first-order valence-corrected chi connectivity index (χ1v) is 6.57. The average Bonchev–Trinajstić information content (AvgIpc) is 2.35. The van der Waals surface area contributed by atoms with E-state index in [1.54, 1.807) is 0 Å². The van der Waals surface area contributed by atoms with Gasteiger partial charge in [-0.2, -0.15) is 13.2 Å². The monoisotopic (exact) mass is 304 g/mol. The Labute approximate surface area is 119 Å². The molecular formula is C13H15F3N2O3. The number of halogens is 3. The van der Waals surface area contributed by atoms with Crippen LogP contribution in [0.15, 0.2) is 18.2 Å². The summed E-state index contributed by atoms with van der Waals surface area (Å²) in [6.07, 6.45) is -3.45. The molecule has 0 aromatic heterocycles. The number of nitrogens with zero attached hydrogens (tertiary/aromatic N) is 1. The summed E-state index contributed by atoms with van der Waals surface area (Å²) in [4.78, 5) is 10.0. The van der Waals surface area contributed by atoms with Crippen molar-refractivity contribution in [2.24, 2.45) is 0 Å². The van der Waals surface area contributed by atoms with Crippen molar-refractivity contribution < 1.29 is 22.8 Å². The quantitative estimate of drug-likeness (QED) is 0.670. The van der Waals surface area contributed by atoms with Gasteiger partial charge in [0.05, 0.1) is 10.5 Å². The lowest BCUT2D eigenvalue weighted by Crippen LogP contribution is -2.46. The lowest BCUT2D eigenvalue weighted by molar-refractivity contribution is -0.386. The first-order chi connectivity index (χ1) is 9.81. The summed E-state index contributed by atoms with van der Waals surface area (Å²) in [7, 11) is 0. The predicted molar refractivity (Wildman–Crippen MR) is 69.2 cm³/mol. The van der Waals surface area contributed by atoms with Gasteiger partial charge in [-0.1, -0.05) is 6.92 Å². The van der Waals surface area contributed by atoms with Crippen LogP contribution in [0.3, 0.4) is 0 Å². The van der Waals surface area contributed by atoms with Gasteiger partial charge in [0.15, 0.2) is 5.75 Å². The highest BCUT2D eigenvalue weighted by Gasteiger charge is 2.35. The summed E-state index contributed by atoms with van der Waals surface area (Å²) in [6, 6.07) is 2.62. The Balaban J connectivity index is 2.11. The topological polar surface area (TPSA) is 64.4 Å². The first-order valence-electron chi connectivity index (χ1n) is 6.57. The SMILES string of the molecule is CCNC1CC(Oc2ccc(C(F)(F)F)cc2[N+](=O)[O-])C1. The number of rotatable bonds is 5. The van der Waals surface area contributed by atoms with Crippen LogP contribution in [0.1, 0.15) is 25.3 Å². The fourth-order valence-electron chi connectivity index (χ4n) is 2.23. The number of benzene rings is 1. The molecule has 1 saturated carbocycles. The van der Waals surface area contributed by atoms with Gasteiger partial charge in [-0.25, -0.2) is 0 Å². The lowest BCUT2D eigenvalue weighted by atomic mass is 9.89. The summed E-state index contributed by atoms with van der Waals surface area (Å²) < 4.78 is 43.1. The molecule has 1 fully saturated rings. The molecule has 0 unspecified atom stereocenters. The van der Waals surface area contributed by atoms with E-state index in [2.05, 4.69) is 5.32 Å². The Bertz CT molecular complexity index is 528. The van der Waals surface area contributed by atoms with Gasteiger partial charge in [0.25, 0.3) is 0 Å². The van der Waals surface area contributed by atoms with Crippen molar-refractivity contribution in [2.75, 3.05) is 6.54 Å². The molecule has 1 aromatic rings. The second kappa shape index (κ2) is 5.88. The summed E-state index contributed by atoms with van der Waals surface area (Å²) in [5.41, 5.74) is -1.71. The summed E-state index contributed by atoms with van der Waals surface area (Å²) in [5.74, 6) is -0.118. The minimum absolute atomic E-state index is 0.118. The van der Waals surface area contributed by atoms with Gasteiger partial charge in [-0.3, -0.25) is 10.1 Å². The van der Waals surface area contributed by atoms with Gasteiger partial charge < -0.3 is 10.1 Å². The number of hydrogen-bond donors (Lipinski definition) is 1. The van der Waals surface area contributed by atoms with Gasteiger partial charge >= 0.3 is 11.9 Å². The van der Waals surface area contributed by atoms with Crippen molar-refractivity contribution in [2.45, 2.75) is 38.1 Å². The lowest BCUT2D eigenvalue weighted by Gasteiger charge is -2.35. The van der Waals surface area contributed by atoms with E-state index in [0.717, 1.165) is 18.7 Å². The fraction of sp³-hybridized carbons (Fsp3) is 0.538. The summed E-state index contributed by atoms with van der Waals surface area (Å²) in [6.45, 7) is 2.78. The Morgan fingerprint density at radius 3 is 2.62 bits per heavy atom. The smallest absolute Gasteiger partial charge is 0.416 e. The molecule has 1 N–H and O–H groups in total. The second-order valence-corrected chi connectivity index (χ2v) is 4.90. The molecular weight excluding hydrogens is 289 g/mol. The standard InChI is InChI=1S/C13H15F3N2O3/c1-2-17-9-6-10(7-9)21-12-4-3-8(13(14,15)16)5-11(12)18(19)20/h3-5,9-10,17H,2,6-7H2,1H3. The van der Waals surface area contributed by atoms with Crippen LogP contribution in [-0.2, 0) is 6.18 Å². The Morgan fingerprint density at radius 2 is 2.10 bits per heavy atom. The third-order valence-corrected chi connectivity index (χ3v) is 3.36. The normalized spacial score (nSPS) is 21.7. The Morgan fingerprint density at radius 1 is 1.43 bits per heavy atom. The van der Waals surface area contributed by atoms with Gasteiger partial charge in [0.1, 0.15) is 6.10 Å². The van der Waals surface area contributed by atoms with E-state index in [0.29, 0.717) is 24.9 Å². The molecule has 0 saturated heterocycles. The highest BCUT2D eigenvalue weighted by molar-refractivity contribution is 5.49. The maximum Gasteiger partial charge on any atom is 0.416 e. The molecule has 116 valence electrons. The van der Waals surface area contributed by atoms with E-state index in [4.69, 9.17) is 4.74 Å². The van der Waals surface area contributed by atoms with Crippen molar-refractivity contribution in [1.29, 1.82) is 0 Å². The average molecular weight is 304 g/mol. The van der Waals surface area contributed by atoms with Gasteiger partial charge in [-0.05, 0) is 31.5 Å². The zero-order valence-corrected chi connectivity index (χ0v) is 11.3. The molecule has 0 bridgehead atoms. The minimum Gasteiger partial charge on any atom is -0.483 e. The van der Waals surface area contributed by atoms with E-state index in [1.165, 1.54) is 0 Å². The van der Waals surface area contributed by atoms with Crippen molar-refractivity contribution in [1.82, 2.24) is 5.32 Å². The molecule has 0 aliphatic heterocycles. The highest BCUT2D eigenvalue weighted by Crippen LogP contribution is 2.37. The number of ether oxygens (including phenoxy) is 1. The summed E-state index contributed by atoms with van der Waals surface area (Å²) in [5, 5.41) is 14.1. The number of nitrogens with one attached hydrogen (secondary N) is 1. The predicted octanol–water partition coefficient (Wildman–Crippen LogP) is 3.13. The van der Waals surface area contributed by atoms with Gasteiger partial charge in [0, 0.05) is 12.1 Å². The molecule has 21 heavy (non-hydrogen) atoms. The molecule has 0 heterocycles. The molecule has 2 rings (SSSR count). The minimum atomic E-state index is -4.62. The van der Waals surface area contributed by atoms with Gasteiger partial charge in [-0.15, -0.1) is 0 Å². The molecule has 1 aliphatic carbocycles. The number of hydrogen-bond acceptors (Lipinski definition) is 4. The fourth-order valence-corrected chi connectivity index (χ4v) is 2.23. The van der Waals surface area contributed by atoms with E-state index in [-0.39, 0.29) is 11.9 Å². The Kier molecular flexibility index (Phi) is 4.36. The molecule has 8 heteroatoms. The zero-order chi connectivity index (χ0) is 15.6. The van der Waals surface area contributed by atoms with Crippen LogP contribution in [0.2, 0.25) is 0 Å². The van der Waals surface area contributed by atoms with Crippen LogP contribution >= 0.6 is 0 Å². The molecule has 0 spiro atoms. The third kappa shape index (κ3) is 3.63. The number of nitro benzene ring substituents is 1. The van der Waals surface area contributed by atoms with Crippen LogP contribution in [0, 0.1) is 10.1 Å². The Hall–Kier alpha value is -1.83. The maximum absolute atomic E-state index is 12.6. The van der Waals surface area contributed by atoms with E-state index >= 15 is 0 Å². The maximum atomic E-state index is 12.6. The van der Waals surface area contributed by atoms with Crippen molar-refractivity contribution in [3.63, 3.8) is 0 Å². The van der Waals surface area contributed by atoms with Crippen molar-refractivity contribution in [3.05, 3.63) is 33.9 Å². The van der Waals surface area contributed by atoms with E-state index in [9.17, 15) is 23.3 Å². The van der Waals surface area contributed by atoms with Crippen LogP contribution in [0.25, 0.3) is 0 Å². The third-order valence-electron chi connectivity index (χ3n) is 3.36. The molecule has 0 radical (unpaired) electrons. The van der Waals surface area contributed by atoms with Crippen LogP contribution in [-0.4, -0.2) is 23.6 Å². The van der Waals surface area contributed by atoms with Crippen molar-refractivity contribution >= 4 is 5.69 Å². The molecule has 0 amide bonds. The summed E-state index contributed by atoms with van der Waals surface area (Å²) >= 11 is 0. The molecule has 0 atom stereocenters. The van der Waals surface area contributed by atoms with E-state index in [1.807, 2.05) is 6.92 Å². The number of nitro groups is 1. The van der Waals surface area contributed by atoms with Gasteiger partial charge in [0.2, 0.25) is 0 Å². The molecule has 1 aliphatic rings. The molecule has 5 nitrogen and oxygen atoms in total. The first kappa shape index (κ1) is 15.6. The number of alkyl halides is 3. The molecule has 1 aromatic carbocycles. The van der Waals surface area contributed by atoms with Crippen LogP contribution < -0.4 is 10.1 Å². The van der Waals surface area contributed by atoms with Crippen molar-refractivity contribution in [3.8, 4) is 5.75 Å². The van der Waals surface area contributed by atoms with Crippen LogP contribution in [0.5, 0.6) is 5.75 Å².